The summed E-state index contributed by atoms with van der Waals surface area (Å²) in [6.45, 7) is 2.15. The SMILES string of the molecule is CCCC[S-].O=C([O-])[O-].[Br-].[Br-].[Br-].[Cl-].[Cl-].[Cl-].[Cu+2].[Cu+2].[Cu+2].[Cu+2].[Cu+].[Cu+].[Cu+].[Cu].[OH-].[OH-]. The maximum atomic E-state index is 8.33. The van der Waals surface area contributed by atoms with E-state index in [4.69, 9.17) is 15.0 Å². The van der Waals surface area contributed by atoms with E-state index in [1.807, 2.05) is 0 Å². The van der Waals surface area contributed by atoms with E-state index in [9.17, 15) is 0 Å². The molecule has 5 radical (unpaired) electrons. The second-order valence-corrected chi connectivity index (χ2v) is 1.72. The largest absolute Gasteiger partial charge is 2.00 e. The Bertz CT molecular complexity index is 106. The molecule has 0 aliphatic carbocycles. The second kappa shape index (κ2) is 175. The molecule has 25 heavy (non-hydrogen) atoms. The number of rotatable bonds is 2. The van der Waals surface area contributed by atoms with Crippen molar-refractivity contribution in [1.29, 1.82) is 0 Å². The van der Waals surface area contributed by atoms with Gasteiger partial charge in [-0.1, -0.05) is 19.8 Å². The van der Waals surface area contributed by atoms with Crippen molar-refractivity contribution in [1.82, 2.24) is 0 Å². The van der Waals surface area contributed by atoms with Crippen LogP contribution in [0.2, 0.25) is 0 Å². The molecule has 0 aromatic heterocycles. The van der Waals surface area contributed by atoms with Gasteiger partial charge in [0.05, 0.1) is 0 Å². The summed E-state index contributed by atoms with van der Waals surface area (Å²) in [4.78, 5) is 8.33. The molecule has 0 atom stereocenters. The fraction of sp³-hybridized carbons (Fsp3) is 0.800. The van der Waals surface area contributed by atoms with Gasteiger partial charge in [-0.25, -0.2) is 0 Å². The minimum atomic E-state index is -2.33. The van der Waals surface area contributed by atoms with Gasteiger partial charge in [0.2, 0.25) is 0 Å². The Kier molecular flexibility index (Phi) is 1160. The summed E-state index contributed by atoms with van der Waals surface area (Å²) in [6, 6.07) is 0. The zero-order valence-corrected chi connectivity index (χ0v) is 26.2. The van der Waals surface area contributed by atoms with Crippen LogP contribution in [-0.4, -0.2) is 22.9 Å². The number of halogens is 6. The Labute approximate surface area is 290 Å². The van der Waals surface area contributed by atoms with Crippen LogP contribution in [0, 0.1) is 0 Å². The van der Waals surface area contributed by atoms with Crippen molar-refractivity contribution in [3.05, 3.63) is 0 Å². The fourth-order valence-corrected chi connectivity index (χ4v) is 0.433. The summed E-state index contributed by atoms with van der Waals surface area (Å²) >= 11 is 4.65. The molecule has 0 spiro atoms. The van der Waals surface area contributed by atoms with E-state index < -0.39 is 6.16 Å². The molecular formula is C5H11Br3Cl3Cu8O5S. The van der Waals surface area contributed by atoms with E-state index >= 15 is 0 Å². The van der Waals surface area contributed by atoms with E-state index in [2.05, 4.69) is 19.6 Å². The van der Waals surface area contributed by atoms with Gasteiger partial charge in [-0.3, -0.25) is 0 Å². The van der Waals surface area contributed by atoms with Crippen LogP contribution >= 0.6 is 0 Å². The molecule has 0 fully saturated rings. The van der Waals surface area contributed by atoms with Gasteiger partial charge < -0.3 is 127 Å². The van der Waals surface area contributed by atoms with Crippen LogP contribution in [0.15, 0.2) is 0 Å². The molecule has 0 saturated carbocycles. The van der Waals surface area contributed by atoms with E-state index in [1.165, 1.54) is 12.8 Å². The molecule has 0 aromatic rings. The van der Waals surface area contributed by atoms with Crippen molar-refractivity contribution in [3.8, 4) is 0 Å². The summed E-state index contributed by atoms with van der Waals surface area (Å²) in [5, 5.41) is 16.7. The Balaban J connectivity index is -0.00000000150. The van der Waals surface area contributed by atoms with Crippen LogP contribution in [-0.2, 0) is 149 Å². The summed E-state index contributed by atoms with van der Waals surface area (Å²) in [6.07, 6.45) is 0.110. The normalized spacial score (nSPS) is 2.64. The zero-order valence-electron chi connectivity index (χ0n) is 10.8. The number of hydrogen-bond acceptors (Lipinski definition) is 6. The molecule has 0 unspecified atom stereocenters. The number of carbonyl (C=O) groups is 1. The van der Waals surface area contributed by atoms with Crippen molar-refractivity contribution >= 4 is 18.8 Å². The quantitative estimate of drug-likeness (QED) is 0.200. The molecule has 0 aliphatic rings. The predicted molar refractivity (Wildman–Crippen MR) is 36.4 cm³/mol. The Morgan fingerprint density at radius 3 is 0.920 bits per heavy atom. The van der Waals surface area contributed by atoms with E-state index in [0.29, 0.717) is 0 Å². The Hall–Kier alpha value is 6.01. The molecule has 0 bridgehead atoms. The molecule has 0 rings (SSSR count). The van der Waals surface area contributed by atoms with Gasteiger partial charge in [0.15, 0.2) is 0 Å². The van der Waals surface area contributed by atoms with Gasteiger partial charge in [0.1, 0.15) is 0 Å². The topological polar surface area (TPSA) is 123 Å². The van der Waals surface area contributed by atoms with Gasteiger partial charge in [-0.2, -0.15) is 5.75 Å². The molecule has 5 nitrogen and oxygen atoms in total. The van der Waals surface area contributed by atoms with Crippen LogP contribution in [0.4, 0.5) is 4.79 Å². The first-order valence-corrected chi connectivity index (χ1v) is 3.19. The third-order valence-electron chi connectivity index (χ3n) is 0.498. The van der Waals surface area contributed by atoms with E-state index in [-0.39, 0.29) is 236 Å². The standard InChI is InChI=1S/C4H10S.CH2O3.3BrH.3ClH.8Cu.2H2O/c1-2-3-4-5;2-1(3)4;;;;;;;;;;;;;;;;/h5H,2-4H2,1H3;(H2,2,3,4);6*1H;;;;;;;;;2*1H2/q;;;;;;;;;3*+1;4*+2;;/p-11. The molecule has 0 aliphatic heterocycles. The maximum Gasteiger partial charge on any atom is 2.00 e. The predicted octanol–water partition coefficient (Wildman–Crippen LogP) is -19.5. The second-order valence-electron chi connectivity index (χ2n) is 1.31. The monoisotopic (exact) mass is 1030 g/mol. The van der Waals surface area contributed by atoms with Gasteiger partial charge in [-0.05, 0) is 6.16 Å². The molecule has 0 aromatic carbocycles. The minimum Gasteiger partial charge on any atom is -1.00 e. The number of unbranched alkanes of at least 4 members (excludes halogenated alkanes) is 1. The molecule has 20 heteroatoms. The first-order chi connectivity index (χ1) is 4.15. The summed E-state index contributed by atoms with van der Waals surface area (Å²) in [7, 11) is 0. The summed E-state index contributed by atoms with van der Waals surface area (Å²) in [5.41, 5.74) is 0. The third kappa shape index (κ3) is 367. The number of hydrogen-bond donors (Lipinski definition) is 0. The van der Waals surface area contributed by atoms with Crippen molar-refractivity contribution in [2.24, 2.45) is 0 Å². The van der Waals surface area contributed by atoms with Gasteiger partial charge in [0, 0.05) is 17.1 Å². The van der Waals surface area contributed by atoms with Crippen molar-refractivity contribution in [2.45, 2.75) is 19.8 Å². The zero-order chi connectivity index (χ0) is 7.70. The van der Waals surface area contributed by atoms with E-state index in [0.717, 1.165) is 5.75 Å². The summed E-state index contributed by atoms with van der Waals surface area (Å²) < 4.78 is 0. The Morgan fingerprint density at radius 1 is 0.800 bits per heavy atom. The van der Waals surface area contributed by atoms with Crippen LogP contribution in [0.1, 0.15) is 19.8 Å². The van der Waals surface area contributed by atoms with E-state index in [1.54, 1.807) is 0 Å². The molecular weight excluding hydrogens is 1030 g/mol. The molecule has 0 amide bonds. The Morgan fingerprint density at radius 2 is 0.920 bits per heavy atom. The first-order valence-electron chi connectivity index (χ1n) is 2.61. The van der Waals surface area contributed by atoms with Crippen LogP contribution < -0.4 is 98.4 Å². The first kappa shape index (κ1) is 165. The van der Waals surface area contributed by atoms with Crippen molar-refractivity contribution in [2.75, 3.05) is 5.75 Å². The smallest absolute Gasteiger partial charge is 1.00 e. The molecule has 0 saturated heterocycles. The van der Waals surface area contributed by atoms with Gasteiger partial charge in [0.25, 0.3) is 0 Å². The maximum absolute atomic E-state index is 8.33. The van der Waals surface area contributed by atoms with Gasteiger partial charge >= 0.3 is 119 Å². The van der Waals surface area contributed by atoms with Crippen molar-refractivity contribution in [3.63, 3.8) is 0 Å². The molecule has 2 N–H and O–H groups in total. The summed E-state index contributed by atoms with van der Waals surface area (Å²) in [5.74, 6) is 0.927. The van der Waals surface area contributed by atoms with Crippen LogP contribution in [0.3, 0.4) is 0 Å². The average Bonchev–Trinajstić information content (AvgIpc) is 1.66. The molecule has 0 heterocycles. The van der Waals surface area contributed by atoms with Crippen LogP contribution in [0.25, 0.3) is 0 Å². The average molecular weight is 1040 g/mol. The fourth-order valence-electron chi connectivity index (χ4n) is 0.144. The number of carbonyl (C=O) groups excluding carboxylic acids is 1. The minimum absolute atomic E-state index is 0. The van der Waals surface area contributed by atoms with Crippen LogP contribution in [0.5, 0.6) is 0 Å². The number of carboxylic acid groups (broad SMARTS) is 2. The van der Waals surface area contributed by atoms with Crippen molar-refractivity contribution < 1.29 is 251 Å². The third-order valence-corrected chi connectivity index (χ3v) is 0.787. The van der Waals surface area contributed by atoms with Gasteiger partial charge in [-0.15, -0.1) is 0 Å². The molecule has 197 valence electrons.